The summed E-state index contributed by atoms with van der Waals surface area (Å²) in [6, 6.07) is 5.14. The molecule has 0 amide bonds. The molecule has 172 valence electrons. The number of aliphatic imine (C=N–C) groups is 1. The van der Waals surface area contributed by atoms with Gasteiger partial charge in [0.1, 0.15) is 11.5 Å². The predicted molar refractivity (Wildman–Crippen MR) is 124 cm³/mol. The number of hydrogen-bond donors (Lipinski definition) is 2. The zero-order valence-corrected chi connectivity index (χ0v) is 20.2. The SMILES string of the molecule is CCNC(=NCc1cc(OC)ccc1OC(F)F)NCC1CCCN1CCOC.I. The smallest absolute Gasteiger partial charge is 0.387 e. The number of halogens is 3. The lowest BCUT2D eigenvalue weighted by molar-refractivity contribution is -0.0504. The van der Waals surface area contributed by atoms with Gasteiger partial charge in [0.2, 0.25) is 0 Å². The van der Waals surface area contributed by atoms with Crippen molar-refractivity contribution in [2.45, 2.75) is 39.0 Å². The van der Waals surface area contributed by atoms with E-state index in [4.69, 9.17) is 9.47 Å². The molecule has 2 rings (SSSR count). The number of likely N-dealkylation sites (tertiary alicyclic amines) is 1. The van der Waals surface area contributed by atoms with Gasteiger partial charge >= 0.3 is 6.61 Å². The maximum atomic E-state index is 12.7. The Hall–Kier alpha value is -1.40. The molecule has 0 radical (unpaired) electrons. The van der Waals surface area contributed by atoms with Crippen LogP contribution in [0.4, 0.5) is 8.78 Å². The Bertz CT molecular complexity index is 652. The van der Waals surface area contributed by atoms with Gasteiger partial charge in [0.25, 0.3) is 0 Å². The largest absolute Gasteiger partial charge is 0.497 e. The van der Waals surface area contributed by atoms with Gasteiger partial charge < -0.3 is 24.8 Å². The molecule has 0 spiro atoms. The lowest BCUT2D eigenvalue weighted by Crippen LogP contribution is -2.45. The number of rotatable bonds is 11. The van der Waals surface area contributed by atoms with Gasteiger partial charge in [-0.2, -0.15) is 8.78 Å². The molecule has 0 aromatic heterocycles. The Morgan fingerprint density at radius 3 is 2.77 bits per heavy atom. The van der Waals surface area contributed by atoms with Crippen LogP contribution in [0.15, 0.2) is 23.2 Å². The third-order valence-electron chi connectivity index (χ3n) is 4.82. The van der Waals surface area contributed by atoms with Gasteiger partial charge in [-0.1, -0.05) is 0 Å². The topological polar surface area (TPSA) is 67.4 Å². The zero-order chi connectivity index (χ0) is 21.1. The van der Waals surface area contributed by atoms with Gasteiger partial charge in [-0.15, -0.1) is 24.0 Å². The molecule has 1 aromatic rings. The van der Waals surface area contributed by atoms with Gasteiger partial charge in [0, 0.05) is 38.3 Å². The van der Waals surface area contributed by atoms with Crippen molar-refractivity contribution in [3.8, 4) is 11.5 Å². The highest BCUT2D eigenvalue weighted by Gasteiger charge is 2.24. The van der Waals surface area contributed by atoms with Crippen LogP contribution in [0, 0.1) is 0 Å². The number of methoxy groups -OCH3 is 2. The highest BCUT2D eigenvalue weighted by molar-refractivity contribution is 14.0. The fourth-order valence-electron chi connectivity index (χ4n) is 3.37. The number of hydrogen-bond acceptors (Lipinski definition) is 5. The average molecular weight is 542 g/mol. The van der Waals surface area contributed by atoms with Crippen LogP contribution in [-0.4, -0.2) is 70.5 Å². The average Bonchev–Trinajstić information content (AvgIpc) is 3.16. The number of nitrogens with zero attached hydrogens (tertiary/aromatic N) is 2. The summed E-state index contributed by atoms with van der Waals surface area (Å²) in [5.41, 5.74) is 0.532. The van der Waals surface area contributed by atoms with Crippen LogP contribution in [-0.2, 0) is 11.3 Å². The van der Waals surface area contributed by atoms with E-state index in [2.05, 4.69) is 25.3 Å². The molecule has 0 saturated carbocycles. The molecule has 10 heteroatoms. The highest BCUT2D eigenvalue weighted by Crippen LogP contribution is 2.26. The van der Waals surface area contributed by atoms with Crippen molar-refractivity contribution in [1.82, 2.24) is 15.5 Å². The fraction of sp³-hybridized carbons (Fsp3) is 0.650. The molecule has 7 nitrogen and oxygen atoms in total. The Balaban J connectivity index is 0.00000450. The van der Waals surface area contributed by atoms with Crippen LogP contribution in [0.1, 0.15) is 25.3 Å². The summed E-state index contributed by atoms with van der Waals surface area (Å²) in [6.45, 7) is 3.43. The number of alkyl halides is 2. The van der Waals surface area contributed by atoms with Crippen LogP contribution in [0.5, 0.6) is 11.5 Å². The summed E-state index contributed by atoms with van der Waals surface area (Å²) in [7, 11) is 3.24. The van der Waals surface area contributed by atoms with Crippen molar-refractivity contribution in [1.29, 1.82) is 0 Å². The molecule has 1 fully saturated rings. The Morgan fingerprint density at radius 1 is 1.30 bits per heavy atom. The number of guanidine groups is 1. The molecule has 1 unspecified atom stereocenters. The molecular weight excluding hydrogens is 509 g/mol. The van der Waals surface area contributed by atoms with Gasteiger partial charge in [0.05, 0.1) is 20.3 Å². The van der Waals surface area contributed by atoms with E-state index in [9.17, 15) is 8.78 Å². The third-order valence-corrected chi connectivity index (χ3v) is 4.82. The lowest BCUT2D eigenvalue weighted by atomic mass is 10.2. The Morgan fingerprint density at radius 2 is 2.10 bits per heavy atom. The van der Waals surface area contributed by atoms with Gasteiger partial charge in [-0.25, -0.2) is 4.99 Å². The van der Waals surface area contributed by atoms with E-state index >= 15 is 0 Å². The van der Waals surface area contributed by atoms with Gasteiger partial charge in [-0.3, -0.25) is 4.90 Å². The quantitative estimate of drug-likeness (QED) is 0.255. The van der Waals surface area contributed by atoms with Crippen LogP contribution in [0.3, 0.4) is 0 Å². The minimum atomic E-state index is -2.89. The molecule has 2 N–H and O–H groups in total. The van der Waals surface area contributed by atoms with Gasteiger partial charge in [0.15, 0.2) is 5.96 Å². The minimum absolute atomic E-state index is 0. The second-order valence-corrected chi connectivity index (χ2v) is 6.75. The van der Waals surface area contributed by atoms with Crippen molar-refractivity contribution in [3.05, 3.63) is 23.8 Å². The van der Waals surface area contributed by atoms with Crippen LogP contribution >= 0.6 is 24.0 Å². The van der Waals surface area contributed by atoms with E-state index in [1.54, 1.807) is 19.2 Å². The maximum Gasteiger partial charge on any atom is 0.387 e. The molecular formula is C20H33F2IN4O3. The number of benzene rings is 1. The van der Waals surface area contributed by atoms with Gasteiger partial charge in [-0.05, 0) is 44.5 Å². The van der Waals surface area contributed by atoms with E-state index < -0.39 is 6.61 Å². The highest BCUT2D eigenvalue weighted by atomic mass is 127. The first-order valence-corrected chi connectivity index (χ1v) is 9.94. The molecule has 1 aromatic carbocycles. The van der Waals surface area contributed by atoms with Crippen molar-refractivity contribution < 1.29 is 23.0 Å². The van der Waals surface area contributed by atoms with Crippen LogP contribution in [0.25, 0.3) is 0 Å². The van der Waals surface area contributed by atoms with E-state index in [0.29, 0.717) is 36.5 Å². The summed E-state index contributed by atoms with van der Waals surface area (Å²) >= 11 is 0. The standard InChI is InChI=1S/C20H32F2N4O3.HI/c1-4-23-20(25-14-16-6-5-9-26(16)10-11-27-2)24-13-15-12-17(28-3)7-8-18(15)29-19(21)22;/h7-8,12,16,19H,4-6,9-11,13-14H2,1-3H3,(H2,23,24,25);1H. The molecule has 1 heterocycles. The molecule has 1 aliphatic heterocycles. The summed E-state index contributed by atoms with van der Waals surface area (Å²) in [6.07, 6.45) is 2.29. The lowest BCUT2D eigenvalue weighted by Gasteiger charge is -2.25. The van der Waals surface area contributed by atoms with E-state index in [0.717, 1.165) is 26.1 Å². The second kappa shape index (κ2) is 14.6. The van der Waals surface area contributed by atoms with Crippen LogP contribution < -0.4 is 20.1 Å². The first-order chi connectivity index (χ1) is 14.1. The second-order valence-electron chi connectivity index (χ2n) is 6.75. The summed E-state index contributed by atoms with van der Waals surface area (Å²) in [5.74, 6) is 1.30. The summed E-state index contributed by atoms with van der Waals surface area (Å²) in [5, 5.41) is 6.56. The molecule has 1 atom stereocenters. The summed E-state index contributed by atoms with van der Waals surface area (Å²) in [4.78, 5) is 6.96. The zero-order valence-electron chi connectivity index (χ0n) is 17.8. The van der Waals surface area contributed by atoms with Crippen molar-refractivity contribution in [2.24, 2.45) is 4.99 Å². The first-order valence-electron chi connectivity index (χ1n) is 9.94. The maximum absolute atomic E-state index is 12.7. The molecule has 1 saturated heterocycles. The molecule has 0 aliphatic carbocycles. The molecule has 1 aliphatic rings. The van der Waals surface area contributed by atoms with Crippen molar-refractivity contribution in [2.75, 3.05) is 47.0 Å². The normalized spacial score (nSPS) is 17.0. The Kier molecular flexibility index (Phi) is 12.9. The first kappa shape index (κ1) is 26.6. The Labute approximate surface area is 194 Å². The van der Waals surface area contributed by atoms with Crippen molar-refractivity contribution >= 4 is 29.9 Å². The van der Waals surface area contributed by atoms with E-state index in [1.807, 2.05) is 6.92 Å². The number of ether oxygens (including phenoxy) is 3. The predicted octanol–water partition coefficient (Wildman–Crippen LogP) is 3.08. The molecule has 30 heavy (non-hydrogen) atoms. The van der Waals surface area contributed by atoms with Crippen molar-refractivity contribution in [3.63, 3.8) is 0 Å². The van der Waals surface area contributed by atoms with E-state index in [-0.39, 0.29) is 36.3 Å². The fourth-order valence-corrected chi connectivity index (χ4v) is 3.37. The van der Waals surface area contributed by atoms with Crippen LogP contribution in [0.2, 0.25) is 0 Å². The monoisotopic (exact) mass is 542 g/mol. The minimum Gasteiger partial charge on any atom is -0.497 e. The number of nitrogens with one attached hydrogen (secondary N) is 2. The summed E-state index contributed by atoms with van der Waals surface area (Å²) < 4.78 is 40.4. The third kappa shape index (κ3) is 8.76. The molecule has 0 bridgehead atoms. The van der Waals surface area contributed by atoms with E-state index in [1.165, 1.54) is 19.6 Å².